The fourth-order valence-corrected chi connectivity index (χ4v) is 5.60. The molecule has 1 saturated heterocycles. The highest BCUT2D eigenvalue weighted by Crippen LogP contribution is 2.52. The SMILES string of the molecule is COc1cc([C@@H]2c3cc4c(cc3C[C@H]3COC(=O)[C@@H]32)OCO4)cc(OC)c1OC(=O)Cc1ccccc1. The van der Waals surface area contributed by atoms with Crippen molar-refractivity contribution in [2.24, 2.45) is 11.8 Å². The molecule has 0 radical (unpaired) electrons. The number of methoxy groups -OCH3 is 2. The number of benzene rings is 3. The zero-order chi connectivity index (χ0) is 25.5. The first-order chi connectivity index (χ1) is 18.1. The minimum Gasteiger partial charge on any atom is -0.493 e. The van der Waals surface area contributed by atoms with Gasteiger partial charge in [-0.2, -0.15) is 0 Å². The van der Waals surface area contributed by atoms with E-state index in [4.69, 9.17) is 28.4 Å². The maximum absolute atomic E-state index is 12.9. The van der Waals surface area contributed by atoms with Crippen LogP contribution in [0.3, 0.4) is 0 Å². The zero-order valence-corrected chi connectivity index (χ0v) is 20.5. The molecule has 3 aliphatic rings. The number of carbonyl (C=O) groups is 2. The van der Waals surface area contributed by atoms with Crippen molar-refractivity contribution in [1.82, 2.24) is 0 Å². The van der Waals surface area contributed by atoms with E-state index >= 15 is 0 Å². The number of hydrogen-bond donors (Lipinski definition) is 0. The van der Waals surface area contributed by atoms with Crippen LogP contribution in [-0.2, 0) is 27.2 Å². The number of carbonyl (C=O) groups excluding carboxylic acids is 2. The van der Waals surface area contributed by atoms with Crippen LogP contribution in [0, 0.1) is 11.8 Å². The fourth-order valence-electron chi connectivity index (χ4n) is 5.60. The van der Waals surface area contributed by atoms with Crippen molar-refractivity contribution in [3.05, 3.63) is 76.9 Å². The van der Waals surface area contributed by atoms with Crippen molar-refractivity contribution in [3.8, 4) is 28.7 Å². The molecule has 8 heteroatoms. The Kier molecular flexibility index (Phi) is 5.87. The Morgan fingerprint density at radius 3 is 2.35 bits per heavy atom. The Bertz CT molecular complexity index is 1340. The van der Waals surface area contributed by atoms with Crippen LogP contribution in [0.15, 0.2) is 54.6 Å². The van der Waals surface area contributed by atoms with Crippen LogP contribution in [0.25, 0.3) is 0 Å². The highest BCUT2D eigenvalue weighted by molar-refractivity contribution is 5.79. The summed E-state index contributed by atoms with van der Waals surface area (Å²) in [6, 6.07) is 16.9. The number of fused-ring (bicyclic) bond motifs is 3. The third-order valence-corrected chi connectivity index (χ3v) is 7.28. The summed E-state index contributed by atoms with van der Waals surface area (Å²) in [6.45, 7) is 0.541. The van der Waals surface area contributed by atoms with Gasteiger partial charge in [-0.1, -0.05) is 30.3 Å². The van der Waals surface area contributed by atoms with Crippen molar-refractivity contribution in [2.45, 2.75) is 18.8 Å². The summed E-state index contributed by atoms with van der Waals surface area (Å²) in [4.78, 5) is 25.7. The van der Waals surface area contributed by atoms with Gasteiger partial charge in [0.05, 0.1) is 33.2 Å². The summed E-state index contributed by atoms with van der Waals surface area (Å²) >= 11 is 0. The van der Waals surface area contributed by atoms with Gasteiger partial charge < -0.3 is 28.4 Å². The molecule has 6 rings (SSSR count). The van der Waals surface area contributed by atoms with Crippen LogP contribution < -0.4 is 23.7 Å². The van der Waals surface area contributed by atoms with E-state index in [2.05, 4.69) is 0 Å². The van der Waals surface area contributed by atoms with E-state index in [0.29, 0.717) is 36.0 Å². The van der Waals surface area contributed by atoms with E-state index in [9.17, 15) is 9.59 Å². The lowest BCUT2D eigenvalue weighted by atomic mass is 9.67. The van der Waals surface area contributed by atoms with Crippen LogP contribution >= 0.6 is 0 Å². The quantitative estimate of drug-likeness (QED) is 0.368. The van der Waals surface area contributed by atoms with Gasteiger partial charge in [-0.25, -0.2) is 0 Å². The van der Waals surface area contributed by atoms with Gasteiger partial charge in [0.25, 0.3) is 0 Å². The van der Waals surface area contributed by atoms with Gasteiger partial charge in [0.1, 0.15) is 0 Å². The zero-order valence-electron chi connectivity index (χ0n) is 20.5. The second-order valence-electron chi connectivity index (χ2n) is 9.39. The van der Waals surface area contributed by atoms with Crippen molar-refractivity contribution in [3.63, 3.8) is 0 Å². The molecule has 3 atom stereocenters. The van der Waals surface area contributed by atoms with Gasteiger partial charge in [-0.3, -0.25) is 9.59 Å². The third-order valence-electron chi connectivity index (χ3n) is 7.28. The fraction of sp³-hybridized carbons (Fsp3) is 0.310. The normalized spacial score (nSPS) is 21.0. The van der Waals surface area contributed by atoms with Gasteiger partial charge in [-0.05, 0) is 52.9 Å². The first-order valence-corrected chi connectivity index (χ1v) is 12.1. The lowest BCUT2D eigenvalue weighted by Crippen LogP contribution is -2.31. The third kappa shape index (κ3) is 4.12. The second kappa shape index (κ2) is 9.35. The van der Waals surface area contributed by atoms with Crippen molar-refractivity contribution >= 4 is 11.9 Å². The Morgan fingerprint density at radius 1 is 0.946 bits per heavy atom. The standard InChI is InChI=1S/C29H26O8/c1-32-23-11-18(12-24(33-2)28(23)37-25(30)8-16-6-4-3-5-7-16)26-20-13-22-21(35-15-36-22)10-17(20)9-19-14-34-29(31)27(19)26/h3-7,10-13,19,26-27H,8-9,14-15H2,1-2H3/t19-,26+,27-/m0/s1. The van der Waals surface area contributed by atoms with Crippen LogP contribution in [0.1, 0.15) is 28.2 Å². The minimum absolute atomic E-state index is 0.0331. The average Bonchev–Trinajstić information content (AvgIpc) is 3.52. The number of hydrogen-bond acceptors (Lipinski definition) is 8. The van der Waals surface area contributed by atoms with Crippen LogP contribution in [0.5, 0.6) is 28.7 Å². The van der Waals surface area contributed by atoms with E-state index in [-0.39, 0.29) is 42.7 Å². The Hall–Kier alpha value is -4.20. The van der Waals surface area contributed by atoms with Crippen LogP contribution in [-0.4, -0.2) is 39.6 Å². The number of ether oxygens (including phenoxy) is 6. The Labute approximate surface area is 214 Å². The topological polar surface area (TPSA) is 89.5 Å². The Balaban J connectivity index is 1.40. The molecule has 1 aliphatic carbocycles. The molecule has 190 valence electrons. The van der Waals surface area contributed by atoms with E-state index in [1.54, 1.807) is 12.1 Å². The smallest absolute Gasteiger partial charge is 0.315 e. The monoisotopic (exact) mass is 502 g/mol. The van der Waals surface area contributed by atoms with Crippen molar-refractivity contribution in [2.75, 3.05) is 27.6 Å². The van der Waals surface area contributed by atoms with Gasteiger partial charge >= 0.3 is 11.9 Å². The predicted octanol–water partition coefficient (Wildman–Crippen LogP) is 4.06. The molecule has 2 aliphatic heterocycles. The van der Waals surface area contributed by atoms with Crippen molar-refractivity contribution < 1.29 is 38.0 Å². The molecule has 1 fully saturated rings. The number of cyclic esters (lactones) is 1. The summed E-state index contributed by atoms with van der Waals surface area (Å²) in [6.07, 6.45) is 0.815. The molecule has 0 saturated carbocycles. The molecule has 0 amide bonds. The molecule has 0 aromatic heterocycles. The minimum atomic E-state index is -0.439. The highest BCUT2D eigenvalue weighted by atomic mass is 16.7. The molecular formula is C29H26O8. The van der Waals surface area contributed by atoms with Gasteiger partial charge in [0.15, 0.2) is 23.0 Å². The molecule has 0 spiro atoms. The molecule has 0 bridgehead atoms. The van der Waals surface area contributed by atoms with Crippen molar-refractivity contribution in [1.29, 1.82) is 0 Å². The van der Waals surface area contributed by atoms with E-state index in [1.165, 1.54) is 14.2 Å². The molecule has 3 aromatic rings. The predicted molar refractivity (Wildman–Crippen MR) is 131 cm³/mol. The summed E-state index contributed by atoms with van der Waals surface area (Å²) < 4.78 is 33.8. The first-order valence-electron chi connectivity index (χ1n) is 12.1. The lowest BCUT2D eigenvalue weighted by Gasteiger charge is -2.34. The van der Waals surface area contributed by atoms with Crippen LogP contribution in [0.4, 0.5) is 0 Å². The summed E-state index contributed by atoms with van der Waals surface area (Å²) in [5.41, 5.74) is 3.70. The molecule has 0 N–H and O–H groups in total. The molecule has 3 aromatic carbocycles. The molecule has 0 unspecified atom stereocenters. The van der Waals surface area contributed by atoms with Gasteiger partial charge in [0.2, 0.25) is 12.5 Å². The number of esters is 2. The number of rotatable bonds is 6. The maximum Gasteiger partial charge on any atom is 0.315 e. The van der Waals surface area contributed by atoms with Crippen LogP contribution in [0.2, 0.25) is 0 Å². The summed E-state index contributed by atoms with van der Waals surface area (Å²) in [5.74, 6) is 0.908. The van der Waals surface area contributed by atoms with E-state index < -0.39 is 5.97 Å². The average molecular weight is 503 g/mol. The first kappa shape index (κ1) is 23.2. The van der Waals surface area contributed by atoms with E-state index in [0.717, 1.165) is 22.3 Å². The largest absolute Gasteiger partial charge is 0.493 e. The Morgan fingerprint density at radius 2 is 1.65 bits per heavy atom. The molecule has 2 heterocycles. The van der Waals surface area contributed by atoms with Gasteiger partial charge in [-0.15, -0.1) is 0 Å². The highest BCUT2D eigenvalue weighted by Gasteiger charge is 2.48. The maximum atomic E-state index is 12.9. The molecule has 37 heavy (non-hydrogen) atoms. The summed E-state index contributed by atoms with van der Waals surface area (Å²) in [5, 5.41) is 0. The molecular weight excluding hydrogens is 476 g/mol. The van der Waals surface area contributed by atoms with E-state index in [1.807, 2.05) is 42.5 Å². The summed E-state index contributed by atoms with van der Waals surface area (Å²) in [7, 11) is 3.01. The van der Waals surface area contributed by atoms with Gasteiger partial charge in [0, 0.05) is 11.8 Å². The molecule has 8 nitrogen and oxygen atoms in total. The lowest BCUT2D eigenvalue weighted by molar-refractivity contribution is -0.141. The second-order valence-corrected chi connectivity index (χ2v) is 9.39.